The van der Waals surface area contributed by atoms with E-state index >= 15 is 0 Å². The van der Waals surface area contributed by atoms with Crippen LogP contribution in [-0.4, -0.2) is 27.1 Å². The predicted molar refractivity (Wildman–Crippen MR) is 65.5 cm³/mol. The number of hydrogen-bond acceptors (Lipinski definition) is 2. The molecule has 0 aliphatic heterocycles. The second-order valence-electron chi connectivity index (χ2n) is 3.68. The Labute approximate surface area is 95.3 Å². The summed E-state index contributed by atoms with van der Waals surface area (Å²) in [5.41, 5.74) is 11.4. The van der Waals surface area contributed by atoms with Crippen LogP contribution in [-0.2, 0) is 0 Å². The van der Waals surface area contributed by atoms with Crippen molar-refractivity contribution in [2.45, 2.75) is 16.6 Å². The number of rotatable bonds is 4. The van der Waals surface area contributed by atoms with Gasteiger partial charge in [0.25, 0.3) is 0 Å². The maximum absolute atomic E-state index is 11.6. The Bertz CT molecular complexity index is 339. The number of hydrogen-bond donors (Lipinski definition) is 2. The first kappa shape index (κ1) is 12.1. The van der Waals surface area contributed by atoms with Crippen molar-refractivity contribution < 1.29 is 4.79 Å². The zero-order chi connectivity index (χ0) is 11.3. The first-order valence-corrected chi connectivity index (χ1v) is 9.96. The molecule has 0 fully saturated rings. The van der Waals surface area contributed by atoms with Gasteiger partial charge in [-0.05, 0) is 0 Å². The Balaban J connectivity index is 2.47. The third kappa shape index (κ3) is 4.39. The van der Waals surface area contributed by atoms with Crippen LogP contribution in [0.2, 0.25) is 16.6 Å². The van der Waals surface area contributed by atoms with Gasteiger partial charge in [-0.3, -0.25) is 0 Å². The summed E-state index contributed by atoms with van der Waals surface area (Å²) in [6.45, 7) is 0.778. The number of carbonyl (C=O) groups is 1. The van der Waals surface area contributed by atoms with E-state index in [1.807, 2.05) is 0 Å². The van der Waals surface area contributed by atoms with E-state index in [9.17, 15) is 4.79 Å². The summed E-state index contributed by atoms with van der Waals surface area (Å²) in [6, 6.07) is 7.04. The number of nitrogens with two attached hydrogens (primary N) is 1. The van der Waals surface area contributed by atoms with Crippen LogP contribution < -0.4 is 11.1 Å². The molecule has 0 aliphatic carbocycles. The molecule has 1 amide bonds. The van der Waals surface area contributed by atoms with Crippen molar-refractivity contribution in [3.8, 4) is 0 Å². The predicted octanol–water partition coefficient (Wildman–Crippen LogP) is 1.75. The van der Waals surface area contributed by atoms with Crippen LogP contribution in [0.4, 0.5) is 5.69 Å². The number of nitrogens with one attached hydrogen (secondary N) is 1. The second-order valence-corrected chi connectivity index (χ2v) is 9.15. The molecule has 0 spiro atoms. The summed E-state index contributed by atoms with van der Waals surface area (Å²) >= 11 is -0.631. The standard InChI is InChI=1S/C11H17AsN2O/c1-12(2)6-7-14-11(15)9-4-3-5-10(13)8-9/h3-5,8H,6-7,13H2,1-2H3,(H,14,15). The summed E-state index contributed by atoms with van der Waals surface area (Å²) in [5, 5.41) is 4.04. The molecule has 1 aromatic carbocycles. The van der Waals surface area contributed by atoms with Gasteiger partial charge in [0.2, 0.25) is 0 Å². The fourth-order valence-electron chi connectivity index (χ4n) is 1.18. The molecule has 82 valence electrons. The molecule has 15 heavy (non-hydrogen) atoms. The summed E-state index contributed by atoms with van der Waals surface area (Å²) < 4.78 is 0. The van der Waals surface area contributed by atoms with Crippen LogP contribution in [0.5, 0.6) is 0 Å². The molecule has 4 heteroatoms. The van der Waals surface area contributed by atoms with E-state index < -0.39 is 14.7 Å². The Morgan fingerprint density at radius 3 is 2.80 bits per heavy atom. The quantitative estimate of drug-likeness (QED) is 0.645. The van der Waals surface area contributed by atoms with Crippen molar-refractivity contribution in [3.63, 3.8) is 0 Å². The zero-order valence-corrected chi connectivity index (χ0v) is 11.0. The molecule has 0 bridgehead atoms. The van der Waals surface area contributed by atoms with Gasteiger partial charge in [-0.2, -0.15) is 0 Å². The number of amides is 1. The normalized spacial score (nSPS) is 10.3. The van der Waals surface area contributed by atoms with Crippen molar-refractivity contribution in [3.05, 3.63) is 29.8 Å². The SMILES string of the molecule is C[As](C)CCNC(=O)c1cccc(N)c1. The van der Waals surface area contributed by atoms with E-state index in [1.165, 1.54) is 0 Å². The zero-order valence-electron chi connectivity index (χ0n) is 9.16. The molecular formula is C11H17AsN2O. The number of benzene rings is 1. The monoisotopic (exact) mass is 268 g/mol. The van der Waals surface area contributed by atoms with Crippen molar-refractivity contribution in [1.82, 2.24) is 5.32 Å². The van der Waals surface area contributed by atoms with Crippen LogP contribution in [0.1, 0.15) is 10.4 Å². The Hall–Kier alpha value is -0.952. The molecule has 0 saturated heterocycles. The fraction of sp³-hybridized carbons (Fsp3) is 0.364. The third-order valence-electron chi connectivity index (χ3n) is 1.99. The van der Waals surface area contributed by atoms with E-state index in [0.717, 1.165) is 11.8 Å². The number of carbonyl (C=O) groups excluding carboxylic acids is 1. The molecule has 0 heterocycles. The minimum absolute atomic E-state index is 0.0295. The van der Waals surface area contributed by atoms with E-state index in [4.69, 9.17) is 5.73 Å². The van der Waals surface area contributed by atoms with Gasteiger partial charge in [0.1, 0.15) is 0 Å². The molecule has 0 radical (unpaired) electrons. The molecule has 1 aromatic rings. The molecule has 0 atom stereocenters. The summed E-state index contributed by atoms with van der Waals surface area (Å²) in [7, 11) is 0. The summed E-state index contributed by atoms with van der Waals surface area (Å²) in [4.78, 5) is 11.6. The van der Waals surface area contributed by atoms with Crippen molar-refractivity contribution >= 4 is 26.2 Å². The van der Waals surface area contributed by atoms with Gasteiger partial charge in [-0.25, -0.2) is 0 Å². The molecule has 3 N–H and O–H groups in total. The van der Waals surface area contributed by atoms with E-state index in [2.05, 4.69) is 16.7 Å². The van der Waals surface area contributed by atoms with Gasteiger partial charge in [0.05, 0.1) is 0 Å². The van der Waals surface area contributed by atoms with Gasteiger partial charge in [-0.15, -0.1) is 0 Å². The Morgan fingerprint density at radius 1 is 1.47 bits per heavy atom. The molecule has 0 unspecified atom stereocenters. The first-order valence-electron chi connectivity index (χ1n) is 4.88. The maximum atomic E-state index is 11.6. The summed E-state index contributed by atoms with van der Waals surface area (Å²) in [6.07, 6.45) is 0. The molecule has 0 saturated carbocycles. The topological polar surface area (TPSA) is 55.1 Å². The fourth-order valence-corrected chi connectivity index (χ4v) is 2.35. The van der Waals surface area contributed by atoms with Gasteiger partial charge >= 0.3 is 95.1 Å². The van der Waals surface area contributed by atoms with Gasteiger partial charge < -0.3 is 0 Å². The van der Waals surface area contributed by atoms with E-state index in [1.54, 1.807) is 24.3 Å². The Kier molecular flexibility index (Phi) is 4.70. The first-order chi connectivity index (χ1) is 7.09. The van der Waals surface area contributed by atoms with Crippen LogP contribution in [0, 0.1) is 0 Å². The van der Waals surface area contributed by atoms with Gasteiger partial charge in [0.15, 0.2) is 0 Å². The van der Waals surface area contributed by atoms with Crippen molar-refractivity contribution in [1.29, 1.82) is 0 Å². The van der Waals surface area contributed by atoms with Crippen molar-refractivity contribution in [2.24, 2.45) is 0 Å². The van der Waals surface area contributed by atoms with Gasteiger partial charge in [0, 0.05) is 0 Å². The summed E-state index contributed by atoms with van der Waals surface area (Å²) in [5.74, 6) is -0.0295. The molecule has 0 aromatic heterocycles. The average Bonchev–Trinajstić information content (AvgIpc) is 2.17. The molecule has 1 rings (SSSR count). The second kappa shape index (κ2) is 5.81. The van der Waals surface area contributed by atoms with Gasteiger partial charge in [-0.1, -0.05) is 0 Å². The van der Waals surface area contributed by atoms with Crippen LogP contribution >= 0.6 is 0 Å². The van der Waals surface area contributed by atoms with Crippen LogP contribution in [0.3, 0.4) is 0 Å². The molecule has 0 aliphatic rings. The number of anilines is 1. The third-order valence-corrected chi connectivity index (χ3v) is 4.34. The number of nitrogen functional groups attached to an aromatic ring is 1. The average molecular weight is 268 g/mol. The van der Waals surface area contributed by atoms with Crippen LogP contribution in [0.15, 0.2) is 24.3 Å². The van der Waals surface area contributed by atoms with Crippen molar-refractivity contribution in [2.75, 3.05) is 12.3 Å². The van der Waals surface area contributed by atoms with E-state index in [0.29, 0.717) is 11.3 Å². The minimum atomic E-state index is -0.631. The molecule has 3 nitrogen and oxygen atoms in total. The molecular weight excluding hydrogens is 251 g/mol. The Morgan fingerprint density at radius 2 is 2.20 bits per heavy atom. The van der Waals surface area contributed by atoms with Crippen LogP contribution in [0.25, 0.3) is 0 Å². The van der Waals surface area contributed by atoms with E-state index in [-0.39, 0.29) is 5.91 Å².